The fourth-order valence-corrected chi connectivity index (χ4v) is 1.34. The molecule has 0 atom stereocenters. The summed E-state index contributed by atoms with van der Waals surface area (Å²) in [6.07, 6.45) is 1.92. The lowest BCUT2D eigenvalue weighted by atomic mass is 10.1. The summed E-state index contributed by atoms with van der Waals surface area (Å²) in [7, 11) is 0. The fourth-order valence-electron chi connectivity index (χ4n) is 1.34. The van der Waals surface area contributed by atoms with Gasteiger partial charge in [-0.05, 0) is 26.0 Å². The number of nitrogens with one attached hydrogen (secondary N) is 1. The molecule has 0 saturated heterocycles. The minimum Gasteiger partial charge on any atom is -0.376 e. The van der Waals surface area contributed by atoms with Gasteiger partial charge in [0.2, 0.25) is 0 Å². The second-order valence-corrected chi connectivity index (χ2v) is 3.73. The van der Waals surface area contributed by atoms with Gasteiger partial charge in [0.05, 0.1) is 4.92 Å². The van der Waals surface area contributed by atoms with E-state index in [1.54, 1.807) is 12.1 Å². The maximum atomic E-state index is 10.9. The first kappa shape index (κ1) is 12.7. The number of nitrogens with zero attached hydrogens (tertiary/aromatic N) is 2. The van der Waals surface area contributed by atoms with Gasteiger partial charge < -0.3 is 5.32 Å². The zero-order valence-corrected chi connectivity index (χ0v) is 9.73. The lowest BCUT2D eigenvalue weighted by Crippen LogP contribution is -2.03. The molecule has 5 nitrogen and oxygen atoms in total. The summed E-state index contributed by atoms with van der Waals surface area (Å²) in [4.78, 5) is 10.4. The number of nitriles is 1. The number of anilines is 1. The predicted octanol–water partition coefficient (Wildman–Crippen LogP) is 2.84. The highest BCUT2D eigenvalue weighted by atomic mass is 16.6. The molecule has 1 aromatic rings. The van der Waals surface area contributed by atoms with E-state index >= 15 is 0 Å². The lowest BCUT2D eigenvalue weighted by molar-refractivity contribution is -0.384. The molecule has 0 fully saturated rings. The normalized spacial score (nSPS) is 9.24. The first-order valence-corrected chi connectivity index (χ1v) is 5.11. The molecule has 1 N–H and O–H groups in total. The second-order valence-electron chi connectivity index (χ2n) is 3.73. The molecule has 0 radical (unpaired) electrons. The number of hydrogen-bond donors (Lipinski definition) is 1. The summed E-state index contributed by atoms with van der Waals surface area (Å²) in [6, 6.07) is 6.47. The summed E-state index contributed by atoms with van der Waals surface area (Å²) in [6.45, 7) is 4.39. The summed E-state index contributed by atoms with van der Waals surface area (Å²) in [5.74, 6) is 0. The average molecular weight is 231 g/mol. The largest absolute Gasteiger partial charge is 0.376 e. The van der Waals surface area contributed by atoms with Crippen LogP contribution in [0.2, 0.25) is 0 Å². The van der Waals surface area contributed by atoms with Crippen LogP contribution in [-0.4, -0.2) is 11.5 Å². The molecule has 0 aliphatic carbocycles. The van der Waals surface area contributed by atoms with E-state index in [9.17, 15) is 10.1 Å². The van der Waals surface area contributed by atoms with Crippen molar-refractivity contribution in [2.45, 2.75) is 13.8 Å². The summed E-state index contributed by atoms with van der Waals surface area (Å²) in [5, 5.41) is 22.6. The van der Waals surface area contributed by atoms with Crippen molar-refractivity contribution in [3.8, 4) is 6.07 Å². The molecule has 0 spiro atoms. The van der Waals surface area contributed by atoms with Gasteiger partial charge in [0, 0.05) is 6.54 Å². The highest BCUT2D eigenvalue weighted by molar-refractivity contribution is 5.68. The van der Waals surface area contributed by atoms with Gasteiger partial charge in [-0.25, -0.2) is 0 Å². The molecule has 1 rings (SSSR count). The molecule has 17 heavy (non-hydrogen) atoms. The Labute approximate surface area is 99.5 Å². The van der Waals surface area contributed by atoms with E-state index in [1.165, 1.54) is 6.07 Å². The number of para-hydroxylation sites is 1. The van der Waals surface area contributed by atoms with Crippen molar-refractivity contribution in [2.75, 3.05) is 11.9 Å². The molecule has 0 aromatic heterocycles. The zero-order valence-electron chi connectivity index (χ0n) is 9.73. The Morgan fingerprint density at radius 2 is 2.29 bits per heavy atom. The van der Waals surface area contributed by atoms with E-state index < -0.39 is 4.92 Å². The molecule has 0 aliphatic rings. The number of hydrogen-bond acceptors (Lipinski definition) is 4. The molecule has 88 valence electrons. The van der Waals surface area contributed by atoms with Gasteiger partial charge in [-0.1, -0.05) is 17.7 Å². The van der Waals surface area contributed by atoms with Gasteiger partial charge in [-0.15, -0.1) is 0 Å². The van der Waals surface area contributed by atoms with E-state index in [0.29, 0.717) is 12.2 Å². The third-order valence-corrected chi connectivity index (χ3v) is 2.14. The second kappa shape index (κ2) is 5.66. The third-order valence-electron chi connectivity index (χ3n) is 2.14. The van der Waals surface area contributed by atoms with E-state index in [-0.39, 0.29) is 11.3 Å². The minimum atomic E-state index is -0.538. The van der Waals surface area contributed by atoms with Gasteiger partial charge in [0.15, 0.2) is 0 Å². The molecule has 5 heteroatoms. The van der Waals surface area contributed by atoms with Gasteiger partial charge >= 0.3 is 5.69 Å². The SMILES string of the molecule is CC(C)=CCNc1cccc(C#N)c1[N+](=O)[O-]. The van der Waals surface area contributed by atoms with E-state index in [1.807, 2.05) is 26.0 Å². The van der Waals surface area contributed by atoms with Gasteiger partial charge in [0.25, 0.3) is 0 Å². The van der Waals surface area contributed by atoms with Crippen LogP contribution in [0.15, 0.2) is 29.8 Å². The zero-order chi connectivity index (χ0) is 12.8. The molecule has 1 aromatic carbocycles. The molecule has 0 unspecified atom stereocenters. The van der Waals surface area contributed by atoms with Crippen molar-refractivity contribution in [1.82, 2.24) is 0 Å². The standard InChI is InChI=1S/C12H13N3O2/c1-9(2)6-7-14-11-5-3-4-10(8-13)12(11)15(16)17/h3-6,14H,7H2,1-2H3. The summed E-state index contributed by atoms with van der Waals surface area (Å²) in [5.41, 5.74) is 1.39. The monoisotopic (exact) mass is 231 g/mol. The Kier molecular flexibility index (Phi) is 4.23. The lowest BCUT2D eigenvalue weighted by Gasteiger charge is -2.05. The van der Waals surface area contributed by atoms with E-state index in [0.717, 1.165) is 5.57 Å². The Morgan fingerprint density at radius 1 is 1.59 bits per heavy atom. The molecule has 0 saturated carbocycles. The van der Waals surface area contributed by atoms with Crippen molar-refractivity contribution < 1.29 is 4.92 Å². The van der Waals surface area contributed by atoms with Crippen LogP contribution in [0.1, 0.15) is 19.4 Å². The maximum Gasteiger partial charge on any atom is 0.309 e. The van der Waals surface area contributed by atoms with Crippen LogP contribution in [0.4, 0.5) is 11.4 Å². The molecule has 0 aliphatic heterocycles. The van der Waals surface area contributed by atoms with Gasteiger partial charge in [0.1, 0.15) is 17.3 Å². The van der Waals surface area contributed by atoms with Crippen LogP contribution in [0.25, 0.3) is 0 Å². The van der Waals surface area contributed by atoms with Crippen LogP contribution in [0, 0.1) is 21.4 Å². The Balaban J connectivity index is 3.03. The molecular formula is C12H13N3O2. The van der Waals surface area contributed by atoms with E-state index in [4.69, 9.17) is 5.26 Å². The fraction of sp³-hybridized carbons (Fsp3) is 0.250. The Bertz CT molecular complexity index is 497. The summed E-state index contributed by atoms with van der Waals surface area (Å²) >= 11 is 0. The van der Waals surface area contributed by atoms with Crippen molar-refractivity contribution in [3.63, 3.8) is 0 Å². The average Bonchev–Trinajstić information content (AvgIpc) is 2.27. The maximum absolute atomic E-state index is 10.9. The Hall–Kier alpha value is -2.35. The predicted molar refractivity (Wildman–Crippen MR) is 65.7 cm³/mol. The van der Waals surface area contributed by atoms with Gasteiger partial charge in [-0.2, -0.15) is 5.26 Å². The van der Waals surface area contributed by atoms with Crippen molar-refractivity contribution in [2.24, 2.45) is 0 Å². The summed E-state index contributed by atoms with van der Waals surface area (Å²) < 4.78 is 0. The number of nitro benzene ring substituents is 1. The van der Waals surface area contributed by atoms with Crippen molar-refractivity contribution >= 4 is 11.4 Å². The molecular weight excluding hydrogens is 218 g/mol. The molecule has 0 bridgehead atoms. The van der Waals surface area contributed by atoms with Gasteiger partial charge in [-0.3, -0.25) is 10.1 Å². The first-order valence-electron chi connectivity index (χ1n) is 5.11. The van der Waals surface area contributed by atoms with Crippen LogP contribution < -0.4 is 5.32 Å². The minimum absolute atomic E-state index is 0.0669. The van der Waals surface area contributed by atoms with E-state index in [2.05, 4.69) is 5.32 Å². The van der Waals surface area contributed by atoms with Crippen LogP contribution in [0.5, 0.6) is 0 Å². The number of nitro groups is 1. The third kappa shape index (κ3) is 3.31. The Morgan fingerprint density at radius 3 is 2.82 bits per heavy atom. The van der Waals surface area contributed by atoms with Crippen LogP contribution >= 0.6 is 0 Å². The number of allylic oxidation sites excluding steroid dienone is 1. The van der Waals surface area contributed by atoms with Crippen molar-refractivity contribution in [3.05, 3.63) is 45.5 Å². The highest BCUT2D eigenvalue weighted by Gasteiger charge is 2.18. The van der Waals surface area contributed by atoms with Crippen molar-refractivity contribution in [1.29, 1.82) is 5.26 Å². The first-order chi connectivity index (χ1) is 8.06. The molecule has 0 amide bonds. The molecule has 0 heterocycles. The number of rotatable bonds is 4. The smallest absolute Gasteiger partial charge is 0.309 e. The number of benzene rings is 1. The van der Waals surface area contributed by atoms with Crippen LogP contribution in [-0.2, 0) is 0 Å². The topological polar surface area (TPSA) is 79.0 Å². The highest BCUT2D eigenvalue weighted by Crippen LogP contribution is 2.27. The van der Waals surface area contributed by atoms with Crippen LogP contribution in [0.3, 0.4) is 0 Å². The quantitative estimate of drug-likeness (QED) is 0.491.